The summed E-state index contributed by atoms with van der Waals surface area (Å²) in [7, 11) is 1.96. The lowest BCUT2D eigenvalue weighted by Crippen LogP contribution is -2.49. The summed E-state index contributed by atoms with van der Waals surface area (Å²) in [6.07, 6.45) is 3.19. The van der Waals surface area contributed by atoms with E-state index in [1.165, 1.54) is 9.47 Å². The van der Waals surface area contributed by atoms with Gasteiger partial charge in [-0.25, -0.2) is 0 Å². The third kappa shape index (κ3) is 6.13. The molecule has 1 saturated heterocycles. The summed E-state index contributed by atoms with van der Waals surface area (Å²) in [5, 5.41) is 10.8. The average Bonchev–Trinajstić information content (AvgIpc) is 2.87. The topological polar surface area (TPSA) is 82.8 Å². The monoisotopic (exact) mass is 471 g/mol. The molecule has 1 aromatic heterocycles. The minimum absolute atomic E-state index is 0.00566. The van der Waals surface area contributed by atoms with Crippen LogP contribution in [0.1, 0.15) is 22.3 Å². The van der Waals surface area contributed by atoms with Gasteiger partial charge < -0.3 is 19.5 Å². The number of aromatic nitrogens is 1. The molecule has 4 rings (SSSR count). The number of benzene rings is 2. The van der Waals surface area contributed by atoms with Crippen molar-refractivity contribution < 1.29 is 14.7 Å². The van der Waals surface area contributed by atoms with Crippen LogP contribution in [0.4, 0.5) is 0 Å². The molecule has 7 nitrogen and oxygen atoms in total. The number of amides is 1. The standard InChI is InChI=1S/C28H29N3O4/c1-29-12-14-30(15-13-29)28(35)26(33)18-25(32)24-17-23(16-21-8-4-2-5-9-21)20-31(27(24)34)19-22-10-6-3-7-11-22/h2-11,17-18,20,32H,12-16,19H2,1H3/b25-18-. The van der Waals surface area contributed by atoms with Crippen LogP contribution in [-0.2, 0) is 22.6 Å². The van der Waals surface area contributed by atoms with Gasteiger partial charge in [0.15, 0.2) is 0 Å². The van der Waals surface area contributed by atoms with Crippen LogP contribution in [0.5, 0.6) is 0 Å². The third-order valence-electron chi connectivity index (χ3n) is 6.13. The summed E-state index contributed by atoms with van der Waals surface area (Å²) in [6.45, 7) is 2.58. The highest BCUT2D eigenvalue weighted by Crippen LogP contribution is 2.15. The van der Waals surface area contributed by atoms with Crippen LogP contribution in [0.25, 0.3) is 5.76 Å². The van der Waals surface area contributed by atoms with Gasteiger partial charge in [-0.2, -0.15) is 0 Å². The number of hydrogen-bond donors (Lipinski definition) is 1. The lowest BCUT2D eigenvalue weighted by atomic mass is 10.0. The molecule has 7 heteroatoms. The first kappa shape index (κ1) is 24.2. The molecule has 0 aliphatic carbocycles. The van der Waals surface area contributed by atoms with E-state index in [9.17, 15) is 19.5 Å². The van der Waals surface area contributed by atoms with Crippen molar-refractivity contribution in [3.63, 3.8) is 0 Å². The number of aliphatic hydroxyl groups excluding tert-OH is 1. The zero-order chi connectivity index (χ0) is 24.8. The second-order valence-corrected chi connectivity index (χ2v) is 8.83. The van der Waals surface area contributed by atoms with Gasteiger partial charge in [0.25, 0.3) is 11.5 Å². The Morgan fingerprint density at radius 3 is 2.11 bits per heavy atom. The van der Waals surface area contributed by atoms with Gasteiger partial charge in [0.1, 0.15) is 5.76 Å². The van der Waals surface area contributed by atoms with E-state index in [-0.39, 0.29) is 5.56 Å². The molecule has 2 aromatic carbocycles. The zero-order valence-electron chi connectivity index (χ0n) is 19.8. The molecule has 0 spiro atoms. The van der Waals surface area contributed by atoms with Crippen molar-refractivity contribution in [2.45, 2.75) is 13.0 Å². The molecule has 1 fully saturated rings. The van der Waals surface area contributed by atoms with Crippen LogP contribution < -0.4 is 5.56 Å². The summed E-state index contributed by atoms with van der Waals surface area (Å²) in [5.41, 5.74) is 2.35. The van der Waals surface area contributed by atoms with E-state index in [4.69, 9.17) is 0 Å². The molecule has 35 heavy (non-hydrogen) atoms. The number of nitrogens with zero attached hydrogens (tertiary/aromatic N) is 3. The number of carbonyl (C=O) groups excluding carboxylic acids is 2. The van der Waals surface area contributed by atoms with Crippen molar-refractivity contribution >= 4 is 17.4 Å². The molecule has 0 saturated carbocycles. The van der Waals surface area contributed by atoms with Crippen molar-refractivity contribution in [1.82, 2.24) is 14.4 Å². The molecule has 3 aromatic rings. The number of ketones is 1. The van der Waals surface area contributed by atoms with Gasteiger partial charge in [0.05, 0.1) is 12.1 Å². The van der Waals surface area contributed by atoms with Crippen LogP contribution >= 0.6 is 0 Å². The van der Waals surface area contributed by atoms with E-state index < -0.39 is 23.0 Å². The number of rotatable bonds is 7. The molecular weight excluding hydrogens is 442 g/mol. The van der Waals surface area contributed by atoms with Crippen LogP contribution in [0, 0.1) is 0 Å². The zero-order valence-corrected chi connectivity index (χ0v) is 19.8. The SMILES string of the molecule is CN1CCN(C(=O)C(=O)/C=C(\O)c2cc(Cc3ccccc3)cn(Cc3ccccc3)c2=O)CC1. The van der Waals surface area contributed by atoms with Crippen molar-refractivity contribution in [3.05, 3.63) is 112 Å². The number of piperazine rings is 1. The van der Waals surface area contributed by atoms with Crippen LogP contribution in [0.15, 0.2) is 83.8 Å². The second-order valence-electron chi connectivity index (χ2n) is 8.83. The van der Waals surface area contributed by atoms with E-state index in [2.05, 4.69) is 4.90 Å². The van der Waals surface area contributed by atoms with E-state index >= 15 is 0 Å². The first-order valence-electron chi connectivity index (χ1n) is 11.6. The highest BCUT2D eigenvalue weighted by molar-refractivity contribution is 6.41. The molecule has 1 N–H and O–H groups in total. The smallest absolute Gasteiger partial charge is 0.294 e. The third-order valence-corrected chi connectivity index (χ3v) is 6.13. The fourth-order valence-electron chi connectivity index (χ4n) is 4.14. The fourth-order valence-corrected chi connectivity index (χ4v) is 4.14. The van der Waals surface area contributed by atoms with Crippen molar-refractivity contribution in [2.75, 3.05) is 33.2 Å². The molecule has 1 aliphatic heterocycles. The lowest BCUT2D eigenvalue weighted by Gasteiger charge is -2.31. The Hall–Kier alpha value is -3.97. The fraction of sp³-hybridized carbons (Fsp3) is 0.250. The van der Waals surface area contributed by atoms with Gasteiger partial charge in [-0.05, 0) is 36.2 Å². The highest BCUT2D eigenvalue weighted by atomic mass is 16.3. The van der Waals surface area contributed by atoms with Gasteiger partial charge in [-0.15, -0.1) is 0 Å². The van der Waals surface area contributed by atoms with E-state index in [1.807, 2.05) is 67.7 Å². The maximum Gasteiger partial charge on any atom is 0.294 e. The Labute approximate surface area is 204 Å². The Balaban J connectivity index is 1.65. The second kappa shape index (κ2) is 11.0. The normalized spacial score (nSPS) is 14.7. The minimum atomic E-state index is -0.838. The number of likely N-dealkylation sites (N-methyl/N-ethyl adjacent to an activating group) is 1. The number of hydrogen-bond acceptors (Lipinski definition) is 5. The van der Waals surface area contributed by atoms with E-state index in [0.717, 1.165) is 22.8 Å². The van der Waals surface area contributed by atoms with Crippen LogP contribution in [0.2, 0.25) is 0 Å². The molecule has 0 radical (unpaired) electrons. The number of carbonyl (C=O) groups is 2. The summed E-state index contributed by atoms with van der Waals surface area (Å²) < 4.78 is 1.53. The molecule has 2 heterocycles. The summed E-state index contributed by atoms with van der Waals surface area (Å²) in [5.74, 6) is -2.01. The molecule has 1 amide bonds. The lowest BCUT2D eigenvalue weighted by molar-refractivity contribution is -0.143. The molecular formula is C28H29N3O4. The van der Waals surface area contributed by atoms with Crippen molar-refractivity contribution in [1.29, 1.82) is 0 Å². The quantitative estimate of drug-likeness (QED) is 0.326. The number of aliphatic hydroxyl groups is 1. The summed E-state index contributed by atoms with van der Waals surface area (Å²) >= 11 is 0. The maximum absolute atomic E-state index is 13.3. The highest BCUT2D eigenvalue weighted by Gasteiger charge is 2.24. The molecule has 1 aliphatic rings. The molecule has 0 unspecified atom stereocenters. The molecule has 180 valence electrons. The van der Waals surface area contributed by atoms with E-state index in [0.29, 0.717) is 39.1 Å². The van der Waals surface area contributed by atoms with Crippen molar-refractivity contribution in [3.8, 4) is 0 Å². The van der Waals surface area contributed by atoms with Gasteiger partial charge in [0, 0.05) is 38.5 Å². The largest absolute Gasteiger partial charge is 0.507 e. The van der Waals surface area contributed by atoms with Gasteiger partial charge in [-0.3, -0.25) is 14.4 Å². The molecule has 0 bridgehead atoms. The Bertz CT molecular complexity index is 1270. The maximum atomic E-state index is 13.3. The Morgan fingerprint density at radius 1 is 0.886 bits per heavy atom. The Kier molecular flexibility index (Phi) is 7.57. The van der Waals surface area contributed by atoms with Gasteiger partial charge in [-0.1, -0.05) is 60.7 Å². The predicted molar refractivity (Wildman–Crippen MR) is 135 cm³/mol. The number of pyridine rings is 1. The minimum Gasteiger partial charge on any atom is -0.507 e. The van der Waals surface area contributed by atoms with Crippen molar-refractivity contribution in [2.24, 2.45) is 0 Å². The summed E-state index contributed by atoms with van der Waals surface area (Å²) in [4.78, 5) is 42.0. The van der Waals surface area contributed by atoms with Gasteiger partial charge in [0.2, 0.25) is 5.78 Å². The summed E-state index contributed by atoms with van der Waals surface area (Å²) in [6, 6.07) is 20.9. The molecule has 0 atom stereocenters. The first-order chi connectivity index (χ1) is 16.9. The first-order valence-corrected chi connectivity index (χ1v) is 11.6. The van der Waals surface area contributed by atoms with Crippen LogP contribution in [-0.4, -0.2) is 64.4 Å². The average molecular weight is 472 g/mol. The van der Waals surface area contributed by atoms with Crippen LogP contribution in [0.3, 0.4) is 0 Å². The van der Waals surface area contributed by atoms with E-state index in [1.54, 1.807) is 12.3 Å². The Morgan fingerprint density at radius 2 is 1.49 bits per heavy atom. The predicted octanol–water partition coefficient (Wildman–Crippen LogP) is 2.73. The van der Waals surface area contributed by atoms with Gasteiger partial charge >= 0.3 is 0 Å².